The number of nitrogens with two attached hydrogens (primary N) is 1. The van der Waals surface area contributed by atoms with Crippen LogP contribution in [0.4, 0.5) is 15.5 Å². The number of thiophene rings is 1. The summed E-state index contributed by atoms with van der Waals surface area (Å²) in [6, 6.07) is 6.66. The van der Waals surface area contributed by atoms with Gasteiger partial charge in [0.05, 0.1) is 36.0 Å². The van der Waals surface area contributed by atoms with Crippen LogP contribution < -0.4 is 16.4 Å². The lowest BCUT2D eigenvalue weighted by molar-refractivity contribution is -0.953. The fourth-order valence-electron chi connectivity index (χ4n) is 4.81. The third-order valence-electron chi connectivity index (χ3n) is 6.78. The van der Waals surface area contributed by atoms with Crippen molar-refractivity contribution in [1.29, 1.82) is 0 Å². The van der Waals surface area contributed by atoms with E-state index in [0.717, 1.165) is 40.9 Å². The van der Waals surface area contributed by atoms with Crippen LogP contribution in [0.5, 0.6) is 0 Å². The van der Waals surface area contributed by atoms with Gasteiger partial charge in [-0.2, -0.15) is 0 Å². The van der Waals surface area contributed by atoms with Gasteiger partial charge in [0.25, 0.3) is 5.91 Å². The predicted molar refractivity (Wildman–Crippen MR) is 138 cm³/mol. The Labute approximate surface area is 214 Å². The number of hydrogen-bond donors (Lipinski definition) is 3. The van der Waals surface area contributed by atoms with E-state index in [1.54, 1.807) is 24.3 Å². The molecule has 1 aromatic carbocycles. The maximum atomic E-state index is 12.6. The van der Waals surface area contributed by atoms with Crippen LogP contribution in [-0.2, 0) is 22.5 Å². The Balaban J connectivity index is 1.45. The van der Waals surface area contributed by atoms with Crippen molar-refractivity contribution in [1.82, 2.24) is 0 Å². The van der Waals surface area contributed by atoms with E-state index in [1.807, 2.05) is 20.8 Å². The molecule has 35 heavy (non-hydrogen) atoms. The molecule has 8 nitrogen and oxygen atoms in total. The zero-order valence-electron chi connectivity index (χ0n) is 20.4. The molecule has 1 saturated carbocycles. The van der Waals surface area contributed by atoms with Crippen LogP contribution in [0.25, 0.3) is 0 Å². The van der Waals surface area contributed by atoms with Gasteiger partial charge in [-0.25, -0.2) is 4.79 Å². The highest BCUT2D eigenvalue weighted by Gasteiger charge is 2.49. The number of primary amides is 1. The summed E-state index contributed by atoms with van der Waals surface area (Å²) in [6.07, 6.45) is 2.28. The van der Waals surface area contributed by atoms with Gasteiger partial charge >= 0.3 is 12.0 Å². The second-order valence-corrected chi connectivity index (χ2v) is 12.2. The minimum atomic E-state index is -0.547. The number of carbonyl (C=O) groups excluding carboxylic acids is 3. The van der Waals surface area contributed by atoms with Crippen LogP contribution in [-0.4, -0.2) is 47.6 Å². The number of ether oxygens (including phenoxy) is 1. The average Bonchev–Trinajstić information content (AvgIpc) is 3.03. The Morgan fingerprint density at radius 1 is 1.14 bits per heavy atom. The number of likely N-dealkylation sites (N-methyl/N-ethyl adjacent to an activating group) is 1. The highest BCUT2D eigenvalue weighted by Crippen LogP contribution is 2.44. The van der Waals surface area contributed by atoms with Crippen molar-refractivity contribution in [2.24, 2.45) is 11.7 Å². The molecule has 4 rings (SSSR count). The van der Waals surface area contributed by atoms with Gasteiger partial charge in [-0.05, 0) is 50.6 Å². The van der Waals surface area contributed by atoms with Crippen LogP contribution in [0.2, 0.25) is 5.02 Å². The van der Waals surface area contributed by atoms with Crippen LogP contribution >= 0.6 is 22.9 Å². The minimum absolute atomic E-state index is 0.0612. The molecule has 4 N–H and O–H groups in total. The molecule has 0 bridgehead atoms. The molecule has 0 saturated heterocycles. The number of halogens is 1. The first-order valence-corrected chi connectivity index (χ1v) is 12.9. The fraction of sp³-hybridized carbons (Fsp3) is 0.480. The van der Waals surface area contributed by atoms with Gasteiger partial charge in [0, 0.05) is 30.0 Å². The van der Waals surface area contributed by atoms with Crippen LogP contribution in [0.1, 0.15) is 54.4 Å². The molecule has 1 aliphatic heterocycles. The Morgan fingerprint density at radius 2 is 1.80 bits per heavy atom. The van der Waals surface area contributed by atoms with E-state index in [9.17, 15) is 14.4 Å². The maximum absolute atomic E-state index is 12.6. The lowest BCUT2D eigenvalue weighted by Gasteiger charge is -2.50. The highest BCUT2D eigenvalue weighted by atomic mass is 35.5. The Bertz CT molecular complexity index is 1150. The molecular weight excluding hydrogens is 488 g/mol. The first-order chi connectivity index (χ1) is 16.3. The largest absolute Gasteiger partial charge is 0.460 e. The lowest BCUT2D eigenvalue weighted by Crippen LogP contribution is -2.60. The number of nitrogens with zero attached hydrogens (tertiary/aromatic N) is 1. The maximum Gasteiger partial charge on any atom is 0.324 e. The summed E-state index contributed by atoms with van der Waals surface area (Å²) in [5, 5.41) is 6.59. The summed E-state index contributed by atoms with van der Waals surface area (Å²) in [5.74, 6) is -0.730. The van der Waals surface area contributed by atoms with Crippen LogP contribution in [0.3, 0.4) is 0 Å². The third kappa shape index (κ3) is 5.63. The number of quaternary nitrogens is 1. The van der Waals surface area contributed by atoms with Crippen molar-refractivity contribution in [3.05, 3.63) is 45.3 Å². The molecule has 1 aromatic heterocycles. The van der Waals surface area contributed by atoms with Gasteiger partial charge in [-0.1, -0.05) is 11.6 Å². The van der Waals surface area contributed by atoms with E-state index < -0.39 is 17.5 Å². The van der Waals surface area contributed by atoms with Crippen molar-refractivity contribution in [2.45, 2.75) is 58.2 Å². The number of carbonyl (C=O) groups is 3. The number of fused-ring (bicyclic) bond motifs is 1. The Morgan fingerprint density at radius 3 is 2.40 bits per heavy atom. The standard InChI is InChI=1S/C25H31ClN4O4S/c1-25(2,3)34-23(32)14-11-17(12-14)30(4)10-9-18-19(13-30)35-22(20(18)21(27)31)29-24(33)28-16-7-5-15(26)6-8-16/h5-8,14,17H,9-13H2,1-4H3,(H3-,27,28,29,31,33)/p+1. The van der Waals surface area contributed by atoms with Crippen molar-refractivity contribution in [3.8, 4) is 0 Å². The summed E-state index contributed by atoms with van der Waals surface area (Å²) in [7, 11) is 2.20. The number of benzene rings is 1. The molecule has 3 amide bonds. The number of nitrogens with one attached hydrogen (secondary N) is 2. The smallest absolute Gasteiger partial charge is 0.324 e. The van der Waals surface area contributed by atoms with Gasteiger partial charge in [0.15, 0.2) is 0 Å². The molecule has 2 heterocycles. The topological polar surface area (TPSA) is 111 Å². The zero-order chi connectivity index (χ0) is 25.5. The first kappa shape index (κ1) is 25.5. The number of amides is 3. The molecular formula is C25H32ClN4O4S+. The number of anilines is 2. The second-order valence-electron chi connectivity index (χ2n) is 10.6. The van der Waals surface area contributed by atoms with Crippen molar-refractivity contribution >= 4 is 51.5 Å². The second kappa shape index (κ2) is 9.44. The van der Waals surface area contributed by atoms with E-state index in [-0.39, 0.29) is 11.9 Å². The van der Waals surface area contributed by atoms with Crippen molar-refractivity contribution in [2.75, 3.05) is 24.2 Å². The van der Waals surface area contributed by atoms with E-state index in [1.165, 1.54) is 11.3 Å². The minimum Gasteiger partial charge on any atom is -0.460 e. The highest BCUT2D eigenvalue weighted by molar-refractivity contribution is 7.17. The summed E-state index contributed by atoms with van der Waals surface area (Å²) < 4.78 is 6.34. The molecule has 2 aromatic rings. The van der Waals surface area contributed by atoms with E-state index in [0.29, 0.717) is 33.7 Å². The average molecular weight is 520 g/mol. The molecule has 1 aliphatic carbocycles. The predicted octanol–water partition coefficient (Wildman–Crippen LogP) is 4.77. The Kier molecular flexibility index (Phi) is 6.87. The number of urea groups is 1. The van der Waals surface area contributed by atoms with Gasteiger partial charge in [-0.15, -0.1) is 11.3 Å². The van der Waals surface area contributed by atoms with Crippen LogP contribution in [0.15, 0.2) is 24.3 Å². The monoisotopic (exact) mass is 519 g/mol. The normalized spacial score (nSPS) is 23.6. The summed E-state index contributed by atoms with van der Waals surface area (Å²) in [4.78, 5) is 38.4. The quantitative estimate of drug-likeness (QED) is 0.390. The SMILES string of the molecule is CC(C)(C)OC(=O)C1CC([N+]2(C)CCc3c(sc(NC(=O)Nc4ccc(Cl)cc4)c3C(N)=O)C2)C1. The molecule has 0 spiro atoms. The number of rotatable bonds is 5. The number of esters is 1. The Hall–Kier alpha value is -2.62. The zero-order valence-corrected chi connectivity index (χ0v) is 22.0. The fourth-order valence-corrected chi connectivity index (χ4v) is 6.34. The van der Waals surface area contributed by atoms with Gasteiger partial charge in [0.2, 0.25) is 0 Å². The first-order valence-electron chi connectivity index (χ1n) is 11.7. The molecule has 10 heteroatoms. The molecule has 2 aliphatic rings. The summed E-state index contributed by atoms with van der Waals surface area (Å²) in [6.45, 7) is 7.22. The lowest BCUT2D eigenvalue weighted by atomic mass is 9.77. The van der Waals surface area contributed by atoms with Gasteiger partial charge in [-0.3, -0.25) is 14.9 Å². The third-order valence-corrected chi connectivity index (χ3v) is 8.16. The molecule has 1 atom stereocenters. The van der Waals surface area contributed by atoms with E-state index in [2.05, 4.69) is 17.7 Å². The van der Waals surface area contributed by atoms with Crippen molar-refractivity contribution < 1.29 is 23.6 Å². The van der Waals surface area contributed by atoms with Gasteiger partial charge in [0.1, 0.15) is 17.1 Å². The van der Waals surface area contributed by atoms with Crippen molar-refractivity contribution in [3.63, 3.8) is 0 Å². The number of hydrogen-bond acceptors (Lipinski definition) is 5. The molecule has 188 valence electrons. The van der Waals surface area contributed by atoms with Crippen LogP contribution in [0, 0.1) is 5.92 Å². The van der Waals surface area contributed by atoms with Gasteiger partial charge < -0.3 is 20.3 Å². The van der Waals surface area contributed by atoms with E-state index in [4.69, 9.17) is 22.1 Å². The summed E-state index contributed by atoms with van der Waals surface area (Å²) in [5.41, 5.74) is 7.14. The molecule has 1 fully saturated rings. The molecule has 0 radical (unpaired) electrons. The van der Waals surface area contributed by atoms with E-state index >= 15 is 0 Å². The molecule has 1 unspecified atom stereocenters. The summed E-state index contributed by atoms with van der Waals surface area (Å²) >= 11 is 7.30.